The van der Waals surface area contributed by atoms with E-state index in [1.54, 1.807) is 6.33 Å². The number of benzene rings is 1. The first-order valence-corrected chi connectivity index (χ1v) is 15.0. The SMILES string of the molecule is [CH3][Sn]([CH3])([CH3])[c]1cccc2c(N)ncnc12. The number of nitrogens with two attached hydrogens (primary N) is 1. The van der Waals surface area contributed by atoms with Gasteiger partial charge >= 0.3 is 93.7 Å². The van der Waals surface area contributed by atoms with Crippen LogP contribution in [0.4, 0.5) is 5.82 Å². The van der Waals surface area contributed by atoms with Gasteiger partial charge < -0.3 is 0 Å². The Labute approximate surface area is 93.6 Å². The molecule has 0 saturated carbocycles. The number of anilines is 1. The average Bonchev–Trinajstić information content (AvgIpc) is 2.16. The summed E-state index contributed by atoms with van der Waals surface area (Å²) in [7, 11) is 0. The summed E-state index contributed by atoms with van der Waals surface area (Å²) in [4.78, 5) is 15.5. The van der Waals surface area contributed by atoms with E-state index in [0.29, 0.717) is 5.82 Å². The summed E-state index contributed by atoms with van der Waals surface area (Å²) in [6, 6.07) is 6.23. The molecule has 2 N–H and O–H groups in total. The van der Waals surface area contributed by atoms with E-state index in [-0.39, 0.29) is 0 Å². The van der Waals surface area contributed by atoms with Gasteiger partial charge in [-0.25, -0.2) is 0 Å². The molecule has 1 heterocycles. The summed E-state index contributed by atoms with van der Waals surface area (Å²) >= 11 is -2.10. The van der Waals surface area contributed by atoms with Gasteiger partial charge in [-0.1, -0.05) is 0 Å². The molecule has 0 bridgehead atoms. The van der Waals surface area contributed by atoms with Crippen LogP contribution in [0, 0.1) is 0 Å². The Hall–Kier alpha value is -0.841. The zero-order chi connectivity index (χ0) is 11.1. The van der Waals surface area contributed by atoms with Crippen molar-refractivity contribution in [3.63, 3.8) is 0 Å². The first-order valence-electron chi connectivity index (χ1n) is 5.00. The fourth-order valence-electron chi connectivity index (χ4n) is 1.71. The van der Waals surface area contributed by atoms with E-state index < -0.39 is 18.4 Å². The van der Waals surface area contributed by atoms with Crippen molar-refractivity contribution in [1.82, 2.24) is 9.97 Å². The Morgan fingerprint density at radius 1 is 1.13 bits per heavy atom. The molecule has 78 valence electrons. The molecular formula is C11H15N3Sn. The molecule has 4 heteroatoms. The van der Waals surface area contributed by atoms with Crippen LogP contribution in [0.2, 0.25) is 14.8 Å². The molecule has 0 amide bonds. The zero-order valence-corrected chi connectivity index (χ0v) is 12.1. The van der Waals surface area contributed by atoms with Crippen molar-refractivity contribution in [1.29, 1.82) is 0 Å². The van der Waals surface area contributed by atoms with Crippen molar-refractivity contribution in [3.05, 3.63) is 24.5 Å². The third kappa shape index (κ3) is 1.93. The summed E-state index contributed by atoms with van der Waals surface area (Å²) in [6.07, 6.45) is 1.55. The van der Waals surface area contributed by atoms with Crippen LogP contribution >= 0.6 is 0 Å². The number of nitrogens with zero attached hydrogens (tertiary/aromatic N) is 2. The molecule has 0 aliphatic heterocycles. The second-order valence-electron chi connectivity index (χ2n) is 4.71. The predicted molar refractivity (Wildman–Crippen MR) is 66.9 cm³/mol. The van der Waals surface area contributed by atoms with Crippen LogP contribution in [0.5, 0.6) is 0 Å². The maximum absolute atomic E-state index is 5.84. The zero-order valence-electron chi connectivity index (χ0n) is 9.28. The molecule has 0 atom stereocenters. The van der Waals surface area contributed by atoms with Gasteiger partial charge in [-0.3, -0.25) is 0 Å². The van der Waals surface area contributed by atoms with Gasteiger partial charge in [0.2, 0.25) is 0 Å². The molecule has 0 aliphatic carbocycles. The summed E-state index contributed by atoms with van der Waals surface area (Å²) in [6.45, 7) is 0. The molecular weight excluding hydrogens is 293 g/mol. The Morgan fingerprint density at radius 3 is 2.53 bits per heavy atom. The van der Waals surface area contributed by atoms with Crippen LogP contribution in [-0.4, -0.2) is 28.3 Å². The van der Waals surface area contributed by atoms with Crippen molar-refractivity contribution in [3.8, 4) is 0 Å². The van der Waals surface area contributed by atoms with Gasteiger partial charge in [-0.2, -0.15) is 0 Å². The number of para-hydroxylation sites is 1. The fourth-order valence-corrected chi connectivity index (χ4v) is 6.01. The van der Waals surface area contributed by atoms with Crippen molar-refractivity contribution in [2.24, 2.45) is 0 Å². The standard InChI is InChI=1S/C8H6N3.3CH3.Sn/c9-8-6-3-1-2-4-7(6)10-5-11-8;;;;/h1-3,5H,(H2,9,10,11);3*1H3;. The van der Waals surface area contributed by atoms with Gasteiger partial charge in [-0.05, 0) is 0 Å². The van der Waals surface area contributed by atoms with E-state index >= 15 is 0 Å². The van der Waals surface area contributed by atoms with E-state index in [2.05, 4.69) is 36.9 Å². The molecule has 0 aliphatic rings. The van der Waals surface area contributed by atoms with E-state index in [1.165, 1.54) is 3.58 Å². The molecule has 1 aromatic carbocycles. The molecule has 0 radical (unpaired) electrons. The Bertz CT molecular complexity index is 503. The fraction of sp³-hybridized carbons (Fsp3) is 0.273. The molecule has 0 unspecified atom stereocenters. The number of nitrogen functional groups attached to an aromatic ring is 1. The molecule has 0 saturated heterocycles. The Kier molecular flexibility index (Phi) is 2.58. The van der Waals surface area contributed by atoms with Gasteiger partial charge in [0.25, 0.3) is 0 Å². The van der Waals surface area contributed by atoms with Crippen LogP contribution in [0.15, 0.2) is 24.5 Å². The minimum absolute atomic E-state index is 0.581. The van der Waals surface area contributed by atoms with E-state index in [0.717, 1.165) is 10.9 Å². The van der Waals surface area contributed by atoms with Crippen molar-refractivity contribution < 1.29 is 0 Å². The van der Waals surface area contributed by atoms with Gasteiger partial charge in [-0.15, -0.1) is 0 Å². The van der Waals surface area contributed by atoms with E-state index in [1.807, 2.05) is 6.07 Å². The number of fused-ring (bicyclic) bond motifs is 1. The molecule has 2 rings (SSSR count). The number of hydrogen-bond acceptors (Lipinski definition) is 3. The van der Waals surface area contributed by atoms with Crippen molar-refractivity contribution >= 4 is 38.7 Å². The van der Waals surface area contributed by atoms with Gasteiger partial charge in [0, 0.05) is 0 Å². The van der Waals surface area contributed by atoms with Crippen molar-refractivity contribution in [2.45, 2.75) is 14.8 Å². The average molecular weight is 308 g/mol. The van der Waals surface area contributed by atoms with Crippen LogP contribution in [0.1, 0.15) is 0 Å². The quantitative estimate of drug-likeness (QED) is 0.817. The number of hydrogen-bond donors (Lipinski definition) is 1. The molecule has 15 heavy (non-hydrogen) atoms. The first-order chi connectivity index (χ1) is 7.00. The maximum atomic E-state index is 5.84. The normalized spacial score (nSPS) is 11.9. The third-order valence-corrected chi connectivity index (χ3v) is 8.27. The van der Waals surface area contributed by atoms with Gasteiger partial charge in [0.1, 0.15) is 0 Å². The summed E-state index contributed by atoms with van der Waals surface area (Å²) in [5, 5.41) is 0.988. The van der Waals surface area contributed by atoms with Gasteiger partial charge in [0.15, 0.2) is 0 Å². The second kappa shape index (κ2) is 3.63. The van der Waals surface area contributed by atoms with Crippen LogP contribution in [0.25, 0.3) is 10.9 Å². The van der Waals surface area contributed by atoms with E-state index in [9.17, 15) is 0 Å². The topological polar surface area (TPSA) is 51.8 Å². The predicted octanol–water partition coefficient (Wildman–Crippen LogP) is 1.76. The van der Waals surface area contributed by atoms with Gasteiger partial charge in [0.05, 0.1) is 0 Å². The van der Waals surface area contributed by atoms with Crippen LogP contribution in [-0.2, 0) is 0 Å². The molecule has 0 spiro atoms. The Balaban J connectivity index is 2.83. The Morgan fingerprint density at radius 2 is 1.87 bits per heavy atom. The molecule has 0 fully saturated rings. The van der Waals surface area contributed by atoms with Crippen LogP contribution in [0.3, 0.4) is 0 Å². The minimum atomic E-state index is -2.10. The van der Waals surface area contributed by atoms with Crippen LogP contribution < -0.4 is 9.31 Å². The molecule has 1 aromatic heterocycles. The van der Waals surface area contributed by atoms with E-state index in [4.69, 9.17) is 5.73 Å². The molecule has 3 nitrogen and oxygen atoms in total. The third-order valence-electron chi connectivity index (χ3n) is 2.50. The molecule has 2 aromatic rings. The second-order valence-corrected chi connectivity index (χ2v) is 19.1. The first kappa shape index (κ1) is 10.7. The summed E-state index contributed by atoms with van der Waals surface area (Å²) in [5.41, 5.74) is 6.89. The number of aromatic nitrogens is 2. The summed E-state index contributed by atoms with van der Waals surface area (Å²) in [5.74, 6) is 0.581. The number of rotatable bonds is 1. The monoisotopic (exact) mass is 309 g/mol. The summed E-state index contributed by atoms with van der Waals surface area (Å²) < 4.78 is 1.41. The van der Waals surface area contributed by atoms with Crippen molar-refractivity contribution in [2.75, 3.05) is 5.73 Å².